The van der Waals surface area contributed by atoms with Crippen molar-refractivity contribution in [3.8, 4) is 11.5 Å². The number of hydrogen-bond acceptors (Lipinski definition) is 6. The molecule has 0 bridgehead atoms. The minimum absolute atomic E-state index is 0.153. The number of carbonyl (C=O) groups excluding carboxylic acids is 3. The molecule has 1 atom stereocenters. The number of esters is 1. The predicted molar refractivity (Wildman–Crippen MR) is 109 cm³/mol. The summed E-state index contributed by atoms with van der Waals surface area (Å²) in [4.78, 5) is 38.4. The number of amides is 2. The van der Waals surface area contributed by atoms with Gasteiger partial charge in [0.25, 0.3) is 5.91 Å². The second-order valence-electron chi connectivity index (χ2n) is 6.74. The number of para-hydroxylation sites is 2. The highest BCUT2D eigenvalue weighted by Crippen LogP contribution is 2.30. The van der Waals surface area contributed by atoms with Crippen molar-refractivity contribution < 1.29 is 28.6 Å². The number of anilines is 1. The molecule has 158 valence electrons. The highest BCUT2D eigenvalue weighted by Gasteiger charge is 2.27. The zero-order chi connectivity index (χ0) is 21.5. The molecule has 1 aliphatic rings. The molecule has 2 aromatic rings. The summed E-state index contributed by atoms with van der Waals surface area (Å²) in [5.74, 6) is -0.0883. The van der Waals surface area contributed by atoms with Crippen molar-refractivity contribution in [2.24, 2.45) is 0 Å². The van der Waals surface area contributed by atoms with Crippen LogP contribution < -0.4 is 19.7 Å². The molecule has 8 nitrogen and oxygen atoms in total. The summed E-state index contributed by atoms with van der Waals surface area (Å²) in [6.45, 7) is 1.73. The first-order chi connectivity index (χ1) is 14.5. The quantitative estimate of drug-likeness (QED) is 0.700. The van der Waals surface area contributed by atoms with E-state index in [1.165, 1.54) is 11.8 Å². The zero-order valence-corrected chi connectivity index (χ0v) is 16.9. The molecule has 1 N–H and O–H groups in total. The van der Waals surface area contributed by atoms with Gasteiger partial charge in [0.15, 0.2) is 6.10 Å². The van der Waals surface area contributed by atoms with Crippen LogP contribution in [0.15, 0.2) is 48.5 Å². The lowest BCUT2D eigenvalue weighted by atomic mass is 10.2. The van der Waals surface area contributed by atoms with Gasteiger partial charge in [0.2, 0.25) is 5.91 Å². The fourth-order valence-corrected chi connectivity index (χ4v) is 2.99. The van der Waals surface area contributed by atoms with Crippen LogP contribution in [0.4, 0.5) is 5.69 Å². The number of ether oxygens (including phenoxy) is 3. The maximum absolute atomic E-state index is 12.4. The first-order valence-electron chi connectivity index (χ1n) is 9.60. The molecule has 30 heavy (non-hydrogen) atoms. The number of hydrogen-bond donors (Lipinski definition) is 1. The number of rotatable bonds is 7. The van der Waals surface area contributed by atoms with E-state index >= 15 is 0 Å². The number of fused-ring (bicyclic) bond motifs is 1. The Kier molecular flexibility index (Phi) is 6.90. The van der Waals surface area contributed by atoms with Crippen molar-refractivity contribution in [2.75, 3.05) is 25.2 Å². The van der Waals surface area contributed by atoms with Crippen molar-refractivity contribution in [1.29, 1.82) is 0 Å². The molecule has 0 unspecified atom stereocenters. The molecule has 8 heteroatoms. The molecule has 0 spiro atoms. The average molecular weight is 412 g/mol. The Hall–Kier alpha value is -3.55. The van der Waals surface area contributed by atoms with E-state index in [0.717, 1.165) is 11.3 Å². The van der Waals surface area contributed by atoms with Gasteiger partial charge in [-0.05, 0) is 36.8 Å². The summed E-state index contributed by atoms with van der Waals surface area (Å²) in [5.41, 5.74) is 1.39. The van der Waals surface area contributed by atoms with Gasteiger partial charge >= 0.3 is 5.97 Å². The summed E-state index contributed by atoms with van der Waals surface area (Å²) < 4.78 is 15.9. The molecule has 3 rings (SSSR count). The Morgan fingerprint density at radius 1 is 1.17 bits per heavy atom. The van der Waals surface area contributed by atoms with Crippen LogP contribution >= 0.6 is 0 Å². The van der Waals surface area contributed by atoms with Crippen LogP contribution in [0.25, 0.3) is 0 Å². The Balaban J connectivity index is 1.54. The standard InChI is InChI=1S/C22H24N2O6/c1-15(22(27)23-13-16-7-9-17(28-2)10-8-16)30-21(26)14-24-18-5-3-4-6-19(18)29-12-11-20(24)25/h3-10,15H,11-14H2,1-2H3,(H,23,27)/t15-/m0/s1. The van der Waals surface area contributed by atoms with Gasteiger partial charge in [0.05, 0.1) is 25.8 Å². The van der Waals surface area contributed by atoms with E-state index in [1.807, 2.05) is 12.1 Å². The second kappa shape index (κ2) is 9.78. The predicted octanol–water partition coefficient (Wildman–Crippen LogP) is 2.06. The molecule has 0 aliphatic carbocycles. The van der Waals surface area contributed by atoms with E-state index in [4.69, 9.17) is 14.2 Å². The molecule has 0 radical (unpaired) electrons. The number of methoxy groups -OCH3 is 1. The zero-order valence-electron chi connectivity index (χ0n) is 16.9. The second-order valence-corrected chi connectivity index (χ2v) is 6.74. The smallest absolute Gasteiger partial charge is 0.326 e. The molecule has 1 heterocycles. The molecule has 2 aromatic carbocycles. The highest BCUT2D eigenvalue weighted by molar-refractivity contribution is 5.99. The van der Waals surface area contributed by atoms with Gasteiger partial charge in [-0.2, -0.15) is 0 Å². The van der Waals surface area contributed by atoms with E-state index in [9.17, 15) is 14.4 Å². The van der Waals surface area contributed by atoms with Gasteiger partial charge in [-0.15, -0.1) is 0 Å². The van der Waals surface area contributed by atoms with Crippen LogP contribution in [0.3, 0.4) is 0 Å². The molecule has 1 aliphatic heterocycles. The van der Waals surface area contributed by atoms with Gasteiger partial charge in [0.1, 0.15) is 18.0 Å². The van der Waals surface area contributed by atoms with Gasteiger partial charge in [-0.25, -0.2) is 0 Å². The number of nitrogens with zero attached hydrogens (tertiary/aromatic N) is 1. The van der Waals surface area contributed by atoms with Crippen LogP contribution in [0.5, 0.6) is 11.5 Å². The fourth-order valence-electron chi connectivity index (χ4n) is 2.99. The number of benzene rings is 2. The molecule has 0 aromatic heterocycles. The van der Waals surface area contributed by atoms with Crippen LogP contribution in [0, 0.1) is 0 Å². The lowest BCUT2D eigenvalue weighted by Crippen LogP contribution is -2.40. The van der Waals surface area contributed by atoms with E-state index in [-0.39, 0.29) is 25.5 Å². The van der Waals surface area contributed by atoms with Gasteiger partial charge in [-0.1, -0.05) is 24.3 Å². The first-order valence-corrected chi connectivity index (χ1v) is 9.60. The Bertz CT molecular complexity index is 912. The van der Waals surface area contributed by atoms with Crippen molar-refractivity contribution in [2.45, 2.75) is 26.0 Å². The average Bonchev–Trinajstić information content (AvgIpc) is 2.91. The summed E-state index contributed by atoms with van der Waals surface area (Å²) in [6, 6.07) is 14.3. The van der Waals surface area contributed by atoms with E-state index in [1.54, 1.807) is 43.5 Å². The molecule has 2 amide bonds. The lowest BCUT2D eigenvalue weighted by molar-refractivity contribution is -0.153. The van der Waals surface area contributed by atoms with Crippen molar-refractivity contribution in [1.82, 2.24) is 5.32 Å². The Labute approximate surface area is 174 Å². The largest absolute Gasteiger partial charge is 0.497 e. The maximum Gasteiger partial charge on any atom is 0.326 e. The summed E-state index contributed by atoms with van der Waals surface area (Å²) >= 11 is 0. The van der Waals surface area contributed by atoms with Gasteiger partial charge < -0.3 is 19.5 Å². The van der Waals surface area contributed by atoms with Gasteiger partial charge in [-0.3, -0.25) is 19.3 Å². The maximum atomic E-state index is 12.4. The van der Waals surface area contributed by atoms with Crippen LogP contribution in [0.2, 0.25) is 0 Å². The summed E-state index contributed by atoms with van der Waals surface area (Å²) in [5, 5.41) is 2.72. The number of nitrogens with one attached hydrogen (secondary N) is 1. The third-order valence-electron chi connectivity index (χ3n) is 4.62. The Morgan fingerprint density at radius 3 is 2.63 bits per heavy atom. The normalized spacial score (nSPS) is 14.1. The minimum Gasteiger partial charge on any atom is -0.497 e. The third-order valence-corrected chi connectivity index (χ3v) is 4.62. The first kappa shape index (κ1) is 21.2. The SMILES string of the molecule is COc1ccc(CNC(=O)[C@H](C)OC(=O)CN2C(=O)CCOc3ccccc32)cc1. The van der Waals surface area contributed by atoms with Gasteiger partial charge in [0, 0.05) is 6.54 Å². The van der Waals surface area contributed by atoms with E-state index < -0.39 is 18.0 Å². The Morgan fingerprint density at radius 2 is 1.90 bits per heavy atom. The van der Waals surface area contributed by atoms with Crippen molar-refractivity contribution >= 4 is 23.5 Å². The van der Waals surface area contributed by atoms with Crippen LogP contribution in [-0.2, 0) is 25.7 Å². The van der Waals surface area contributed by atoms with Crippen LogP contribution in [0.1, 0.15) is 18.9 Å². The molecule has 0 saturated heterocycles. The van der Waals surface area contributed by atoms with E-state index in [0.29, 0.717) is 18.0 Å². The van der Waals surface area contributed by atoms with Crippen molar-refractivity contribution in [3.63, 3.8) is 0 Å². The lowest BCUT2D eigenvalue weighted by Gasteiger charge is -2.22. The highest BCUT2D eigenvalue weighted by atomic mass is 16.5. The van der Waals surface area contributed by atoms with E-state index in [2.05, 4.69) is 5.32 Å². The molecule has 0 saturated carbocycles. The monoisotopic (exact) mass is 412 g/mol. The van der Waals surface area contributed by atoms with Crippen molar-refractivity contribution in [3.05, 3.63) is 54.1 Å². The van der Waals surface area contributed by atoms with Crippen LogP contribution in [-0.4, -0.2) is 44.1 Å². The molecule has 0 fully saturated rings. The third kappa shape index (κ3) is 5.28. The number of carbonyl (C=O) groups is 3. The fraction of sp³-hybridized carbons (Fsp3) is 0.318. The summed E-state index contributed by atoms with van der Waals surface area (Å²) in [7, 11) is 1.58. The molecular weight excluding hydrogens is 388 g/mol. The molecular formula is C22H24N2O6. The summed E-state index contributed by atoms with van der Waals surface area (Å²) in [6.07, 6.45) is -0.843. The topological polar surface area (TPSA) is 94.2 Å². The minimum atomic E-state index is -0.996.